The van der Waals surface area contributed by atoms with Gasteiger partial charge in [-0.05, 0) is 19.1 Å². The van der Waals surface area contributed by atoms with Crippen LogP contribution < -0.4 is 0 Å². The molecule has 0 radical (unpaired) electrons. The summed E-state index contributed by atoms with van der Waals surface area (Å²) in [6, 6.07) is 4.29. The van der Waals surface area contributed by atoms with Gasteiger partial charge in [-0.3, -0.25) is 0 Å². The third-order valence-electron chi connectivity index (χ3n) is 1.72. The molecule has 78 valence electrons. The average Bonchev–Trinajstić information content (AvgIpc) is 2.18. The van der Waals surface area contributed by atoms with Crippen LogP contribution in [0.15, 0.2) is 17.0 Å². The third-order valence-corrected chi connectivity index (χ3v) is 2.09. The van der Waals surface area contributed by atoms with Crippen LogP contribution in [0.2, 0.25) is 0 Å². The first-order valence-electron chi connectivity index (χ1n) is 4.20. The van der Waals surface area contributed by atoms with E-state index in [9.17, 15) is 9.18 Å². The number of rotatable bonds is 2. The first-order chi connectivity index (χ1) is 7.11. The number of esters is 1. The highest BCUT2D eigenvalue weighted by molar-refractivity contribution is 7.80. The normalized spacial score (nSPS) is 9.47. The maximum atomic E-state index is 13.5. The summed E-state index contributed by atoms with van der Waals surface area (Å²) in [5.74, 6) is -1.69. The Morgan fingerprint density at radius 3 is 2.87 bits per heavy atom. The van der Waals surface area contributed by atoms with Gasteiger partial charge in [0.05, 0.1) is 12.2 Å². The monoisotopic (exact) mass is 225 g/mol. The summed E-state index contributed by atoms with van der Waals surface area (Å²) < 4.78 is 18.2. The van der Waals surface area contributed by atoms with Crippen LogP contribution >= 0.6 is 12.6 Å². The zero-order valence-corrected chi connectivity index (χ0v) is 8.85. The highest BCUT2D eigenvalue weighted by atomic mass is 32.1. The van der Waals surface area contributed by atoms with Gasteiger partial charge < -0.3 is 4.74 Å². The van der Waals surface area contributed by atoms with Crippen molar-refractivity contribution < 1.29 is 13.9 Å². The van der Waals surface area contributed by atoms with E-state index in [0.717, 1.165) is 0 Å². The minimum Gasteiger partial charge on any atom is -0.462 e. The second kappa shape index (κ2) is 4.80. The van der Waals surface area contributed by atoms with Crippen LogP contribution in [0.3, 0.4) is 0 Å². The standard InChI is InChI=1S/C10H8FNO2S/c1-2-14-10(13)8-7(15)4-3-6(5-12)9(8)11/h3-4,15H,2H2,1H3. The zero-order chi connectivity index (χ0) is 11.4. The van der Waals surface area contributed by atoms with Gasteiger partial charge >= 0.3 is 5.97 Å². The van der Waals surface area contributed by atoms with Crippen LogP contribution in [0, 0.1) is 17.1 Å². The summed E-state index contributed by atoms with van der Waals surface area (Å²) >= 11 is 3.94. The molecule has 0 heterocycles. The maximum absolute atomic E-state index is 13.5. The third kappa shape index (κ3) is 2.28. The molecule has 0 saturated heterocycles. The van der Waals surface area contributed by atoms with Gasteiger partial charge in [-0.25, -0.2) is 9.18 Å². The highest BCUT2D eigenvalue weighted by Gasteiger charge is 2.19. The smallest absolute Gasteiger partial charge is 0.342 e. The summed E-state index contributed by atoms with van der Waals surface area (Å²) in [5.41, 5.74) is -0.491. The lowest BCUT2D eigenvalue weighted by molar-refractivity contribution is 0.0516. The number of hydrogen-bond donors (Lipinski definition) is 1. The fraction of sp³-hybridized carbons (Fsp3) is 0.200. The lowest BCUT2D eigenvalue weighted by atomic mass is 10.1. The average molecular weight is 225 g/mol. The van der Waals surface area contributed by atoms with E-state index in [-0.39, 0.29) is 22.6 Å². The molecule has 0 fully saturated rings. The molecule has 1 rings (SSSR count). The minimum atomic E-state index is -0.886. The fourth-order valence-corrected chi connectivity index (χ4v) is 1.31. The first-order valence-corrected chi connectivity index (χ1v) is 4.65. The molecule has 0 amide bonds. The minimum absolute atomic E-state index is 0.141. The molecule has 1 aromatic carbocycles. The molecule has 5 heteroatoms. The predicted molar refractivity (Wildman–Crippen MR) is 54.3 cm³/mol. The zero-order valence-electron chi connectivity index (χ0n) is 7.95. The Morgan fingerprint density at radius 2 is 2.33 bits per heavy atom. The molecule has 0 atom stereocenters. The molecule has 1 aromatic rings. The van der Waals surface area contributed by atoms with Crippen molar-refractivity contribution >= 4 is 18.6 Å². The quantitative estimate of drug-likeness (QED) is 0.619. The van der Waals surface area contributed by atoms with Crippen molar-refractivity contribution in [2.24, 2.45) is 0 Å². The van der Waals surface area contributed by atoms with E-state index in [2.05, 4.69) is 17.4 Å². The molecule has 0 unspecified atom stereocenters. The Morgan fingerprint density at radius 1 is 1.67 bits per heavy atom. The summed E-state index contributed by atoms with van der Waals surface area (Å²) in [4.78, 5) is 11.5. The highest BCUT2D eigenvalue weighted by Crippen LogP contribution is 2.21. The van der Waals surface area contributed by atoms with E-state index in [0.29, 0.717) is 0 Å². The van der Waals surface area contributed by atoms with Crippen LogP contribution in [0.4, 0.5) is 4.39 Å². The molecule has 0 saturated carbocycles. The number of nitrogens with zero attached hydrogens (tertiary/aromatic N) is 1. The topological polar surface area (TPSA) is 50.1 Å². The van der Waals surface area contributed by atoms with Crippen LogP contribution in [0.5, 0.6) is 0 Å². The summed E-state index contributed by atoms with van der Waals surface area (Å²) in [5, 5.41) is 8.58. The Labute approximate surface area is 91.9 Å². The number of carbonyl (C=O) groups excluding carboxylic acids is 1. The van der Waals surface area contributed by atoms with E-state index < -0.39 is 11.8 Å². The van der Waals surface area contributed by atoms with Gasteiger partial charge in [-0.1, -0.05) is 0 Å². The largest absolute Gasteiger partial charge is 0.462 e. The van der Waals surface area contributed by atoms with Crippen LogP contribution in [0.25, 0.3) is 0 Å². The van der Waals surface area contributed by atoms with Crippen molar-refractivity contribution in [3.8, 4) is 6.07 Å². The number of ether oxygens (including phenoxy) is 1. The summed E-state index contributed by atoms with van der Waals surface area (Å²) in [6.45, 7) is 1.75. The molecular weight excluding hydrogens is 217 g/mol. The van der Waals surface area contributed by atoms with E-state index in [1.54, 1.807) is 13.0 Å². The first kappa shape index (κ1) is 11.5. The molecule has 0 spiro atoms. The van der Waals surface area contributed by atoms with E-state index in [4.69, 9.17) is 5.26 Å². The molecule has 3 nitrogen and oxygen atoms in total. The number of benzene rings is 1. The van der Waals surface area contributed by atoms with Gasteiger partial charge in [-0.2, -0.15) is 5.26 Å². The Balaban J connectivity index is 3.28. The molecule has 0 N–H and O–H groups in total. The fourth-order valence-electron chi connectivity index (χ4n) is 1.05. The number of thiol groups is 1. The summed E-state index contributed by atoms with van der Waals surface area (Å²) in [7, 11) is 0. The molecule has 0 aliphatic heterocycles. The van der Waals surface area contributed by atoms with Crippen molar-refractivity contribution in [3.63, 3.8) is 0 Å². The maximum Gasteiger partial charge on any atom is 0.342 e. The Kier molecular flexibility index (Phi) is 3.69. The molecule has 15 heavy (non-hydrogen) atoms. The van der Waals surface area contributed by atoms with E-state index in [1.807, 2.05) is 0 Å². The van der Waals surface area contributed by atoms with Crippen molar-refractivity contribution in [2.75, 3.05) is 6.61 Å². The van der Waals surface area contributed by atoms with Crippen molar-refractivity contribution in [3.05, 3.63) is 29.1 Å². The van der Waals surface area contributed by atoms with Crippen molar-refractivity contribution in [1.82, 2.24) is 0 Å². The van der Waals surface area contributed by atoms with Gasteiger partial charge in [0.1, 0.15) is 11.6 Å². The lowest BCUT2D eigenvalue weighted by Gasteiger charge is -2.06. The number of hydrogen-bond acceptors (Lipinski definition) is 4. The van der Waals surface area contributed by atoms with E-state index >= 15 is 0 Å². The van der Waals surface area contributed by atoms with Crippen LogP contribution in [-0.2, 0) is 4.74 Å². The lowest BCUT2D eigenvalue weighted by Crippen LogP contribution is -2.09. The molecule has 0 aliphatic carbocycles. The van der Waals surface area contributed by atoms with Crippen LogP contribution in [-0.4, -0.2) is 12.6 Å². The number of halogens is 1. The van der Waals surface area contributed by atoms with Gasteiger partial charge in [-0.15, -0.1) is 12.6 Å². The number of carbonyl (C=O) groups is 1. The molecule has 0 aromatic heterocycles. The van der Waals surface area contributed by atoms with Gasteiger partial charge in [0.15, 0.2) is 5.82 Å². The molecule has 0 bridgehead atoms. The predicted octanol–water partition coefficient (Wildman–Crippen LogP) is 2.16. The Bertz CT molecular complexity index is 440. The van der Waals surface area contributed by atoms with Crippen molar-refractivity contribution in [2.45, 2.75) is 11.8 Å². The van der Waals surface area contributed by atoms with Gasteiger partial charge in [0.25, 0.3) is 0 Å². The molecular formula is C10H8FNO2S. The number of nitriles is 1. The Hall–Kier alpha value is -1.54. The SMILES string of the molecule is CCOC(=O)c1c(S)ccc(C#N)c1F. The second-order valence-corrected chi connectivity index (χ2v) is 3.14. The van der Waals surface area contributed by atoms with Crippen LogP contribution in [0.1, 0.15) is 22.8 Å². The van der Waals surface area contributed by atoms with Crippen molar-refractivity contribution in [1.29, 1.82) is 5.26 Å². The molecule has 0 aliphatic rings. The van der Waals surface area contributed by atoms with Gasteiger partial charge in [0.2, 0.25) is 0 Å². The summed E-state index contributed by atoms with van der Waals surface area (Å²) in [6.07, 6.45) is 0. The van der Waals surface area contributed by atoms with Gasteiger partial charge in [0, 0.05) is 4.90 Å². The van der Waals surface area contributed by atoms with E-state index in [1.165, 1.54) is 12.1 Å². The second-order valence-electron chi connectivity index (χ2n) is 2.65.